The number of benzene rings is 2. The second kappa shape index (κ2) is 8.13. The molecule has 2 rings (SSSR count). The van der Waals surface area contributed by atoms with Crippen LogP contribution in [0.1, 0.15) is 25.0 Å². The Morgan fingerprint density at radius 3 is 2.13 bits per heavy atom. The second-order valence-corrected chi connectivity index (χ2v) is 5.31. The van der Waals surface area contributed by atoms with E-state index >= 15 is 0 Å². The van der Waals surface area contributed by atoms with Gasteiger partial charge in [-0.15, -0.1) is 0 Å². The Labute approximate surface area is 137 Å². The molecule has 0 spiro atoms. The maximum atomic E-state index is 12.3. The minimum absolute atomic E-state index is 0.429. The third-order valence-electron chi connectivity index (χ3n) is 3.70. The van der Waals surface area contributed by atoms with Crippen LogP contribution in [0.4, 0.5) is 5.69 Å². The molecule has 23 heavy (non-hydrogen) atoms. The summed E-state index contributed by atoms with van der Waals surface area (Å²) in [5.41, 5.74) is 2.83. The van der Waals surface area contributed by atoms with Gasteiger partial charge in [0.05, 0.1) is 0 Å². The number of nitrogens with zero attached hydrogens (tertiary/aromatic N) is 1. The Morgan fingerprint density at radius 1 is 0.913 bits per heavy atom. The van der Waals surface area contributed by atoms with Gasteiger partial charge in [-0.3, -0.25) is 9.59 Å². The van der Waals surface area contributed by atoms with Crippen molar-refractivity contribution in [2.75, 3.05) is 11.9 Å². The second-order valence-electron chi connectivity index (χ2n) is 5.31. The molecular formula is C19H22N2O2. The van der Waals surface area contributed by atoms with E-state index in [-0.39, 0.29) is 0 Å². The molecule has 0 saturated carbocycles. The van der Waals surface area contributed by atoms with Crippen molar-refractivity contribution < 1.29 is 9.59 Å². The van der Waals surface area contributed by atoms with Crippen LogP contribution in [-0.2, 0) is 22.6 Å². The predicted molar refractivity (Wildman–Crippen MR) is 92.0 cm³/mol. The molecule has 0 saturated heterocycles. The van der Waals surface area contributed by atoms with Gasteiger partial charge < -0.3 is 10.2 Å². The summed E-state index contributed by atoms with van der Waals surface area (Å²) in [5, 5.41) is 2.66. The number of aryl methyl sites for hydroxylation is 1. The first kappa shape index (κ1) is 16.7. The van der Waals surface area contributed by atoms with Gasteiger partial charge in [-0.05, 0) is 36.6 Å². The van der Waals surface area contributed by atoms with E-state index in [0.29, 0.717) is 18.8 Å². The number of amides is 2. The van der Waals surface area contributed by atoms with Crippen LogP contribution >= 0.6 is 0 Å². The van der Waals surface area contributed by atoms with Crippen molar-refractivity contribution in [1.82, 2.24) is 4.90 Å². The molecule has 0 aliphatic heterocycles. The van der Waals surface area contributed by atoms with Crippen molar-refractivity contribution >= 4 is 17.5 Å². The topological polar surface area (TPSA) is 49.4 Å². The van der Waals surface area contributed by atoms with Gasteiger partial charge >= 0.3 is 11.8 Å². The third-order valence-corrected chi connectivity index (χ3v) is 3.70. The summed E-state index contributed by atoms with van der Waals surface area (Å²) in [6, 6.07) is 17.2. The molecule has 0 unspecified atom stereocenters. The molecule has 0 fully saturated rings. The lowest BCUT2D eigenvalue weighted by Gasteiger charge is -2.20. The lowest BCUT2D eigenvalue weighted by atomic mass is 10.1. The van der Waals surface area contributed by atoms with Gasteiger partial charge in [0, 0.05) is 18.8 Å². The zero-order valence-corrected chi connectivity index (χ0v) is 13.6. The molecule has 2 aromatic carbocycles. The Bertz CT molecular complexity index is 651. The summed E-state index contributed by atoms with van der Waals surface area (Å²) in [6.45, 7) is 4.85. The van der Waals surface area contributed by atoms with Crippen molar-refractivity contribution in [3.05, 3.63) is 65.7 Å². The standard InChI is InChI=1S/C19H22N2O2/c1-3-15-10-12-17(13-11-15)20-18(22)19(23)21(4-2)14-16-8-6-5-7-9-16/h5-13H,3-4,14H2,1-2H3,(H,20,22). The largest absolute Gasteiger partial charge is 0.330 e. The first-order chi connectivity index (χ1) is 11.1. The smallest absolute Gasteiger partial charge is 0.313 e. The minimum atomic E-state index is -0.605. The minimum Gasteiger partial charge on any atom is -0.330 e. The summed E-state index contributed by atoms with van der Waals surface area (Å²) in [4.78, 5) is 26.0. The van der Waals surface area contributed by atoms with Crippen molar-refractivity contribution in [2.24, 2.45) is 0 Å². The van der Waals surface area contributed by atoms with Crippen LogP contribution in [0.3, 0.4) is 0 Å². The highest BCUT2D eigenvalue weighted by molar-refractivity contribution is 6.39. The average Bonchev–Trinajstić information content (AvgIpc) is 2.60. The van der Waals surface area contributed by atoms with Gasteiger partial charge in [0.25, 0.3) is 0 Å². The van der Waals surface area contributed by atoms with Gasteiger partial charge in [-0.25, -0.2) is 0 Å². The van der Waals surface area contributed by atoms with E-state index in [4.69, 9.17) is 0 Å². The van der Waals surface area contributed by atoms with Gasteiger partial charge in [0.2, 0.25) is 0 Å². The molecule has 0 aromatic heterocycles. The molecule has 4 nitrogen and oxygen atoms in total. The van der Waals surface area contributed by atoms with E-state index in [1.54, 1.807) is 0 Å². The highest BCUT2D eigenvalue weighted by Crippen LogP contribution is 2.11. The number of carbonyl (C=O) groups is 2. The molecule has 0 aliphatic carbocycles. The Hall–Kier alpha value is -2.62. The number of hydrogen-bond acceptors (Lipinski definition) is 2. The van der Waals surface area contributed by atoms with E-state index in [1.807, 2.05) is 61.5 Å². The van der Waals surface area contributed by atoms with Crippen molar-refractivity contribution in [3.8, 4) is 0 Å². The zero-order chi connectivity index (χ0) is 16.7. The monoisotopic (exact) mass is 310 g/mol. The molecule has 4 heteroatoms. The van der Waals surface area contributed by atoms with Crippen LogP contribution in [-0.4, -0.2) is 23.3 Å². The first-order valence-corrected chi connectivity index (χ1v) is 7.87. The molecular weight excluding hydrogens is 288 g/mol. The Morgan fingerprint density at radius 2 is 1.57 bits per heavy atom. The fourth-order valence-corrected chi connectivity index (χ4v) is 2.28. The maximum absolute atomic E-state index is 12.3. The number of carbonyl (C=O) groups excluding carboxylic acids is 2. The van der Waals surface area contributed by atoms with Crippen molar-refractivity contribution in [1.29, 1.82) is 0 Å². The summed E-state index contributed by atoms with van der Waals surface area (Å²) in [5.74, 6) is -1.12. The number of nitrogens with one attached hydrogen (secondary N) is 1. The van der Waals surface area contributed by atoms with E-state index in [1.165, 1.54) is 10.5 Å². The molecule has 2 aromatic rings. The average molecular weight is 310 g/mol. The quantitative estimate of drug-likeness (QED) is 0.862. The summed E-state index contributed by atoms with van der Waals surface area (Å²) in [7, 11) is 0. The van der Waals surface area contributed by atoms with Gasteiger partial charge in [0.15, 0.2) is 0 Å². The van der Waals surface area contributed by atoms with Crippen LogP contribution in [0.5, 0.6) is 0 Å². The van der Waals surface area contributed by atoms with Crippen LogP contribution in [0.25, 0.3) is 0 Å². The van der Waals surface area contributed by atoms with Gasteiger partial charge in [-0.1, -0.05) is 49.4 Å². The van der Waals surface area contributed by atoms with Crippen molar-refractivity contribution in [2.45, 2.75) is 26.8 Å². The van der Waals surface area contributed by atoms with E-state index in [9.17, 15) is 9.59 Å². The molecule has 0 radical (unpaired) electrons. The van der Waals surface area contributed by atoms with Crippen LogP contribution < -0.4 is 5.32 Å². The fourth-order valence-electron chi connectivity index (χ4n) is 2.28. The first-order valence-electron chi connectivity index (χ1n) is 7.87. The molecule has 2 amide bonds. The van der Waals surface area contributed by atoms with Gasteiger partial charge in [-0.2, -0.15) is 0 Å². The Balaban J connectivity index is 2.00. The summed E-state index contributed by atoms with van der Waals surface area (Å²) < 4.78 is 0. The molecule has 0 aliphatic rings. The van der Waals surface area contributed by atoms with Crippen LogP contribution in [0.15, 0.2) is 54.6 Å². The number of anilines is 1. The molecule has 0 atom stereocenters. The number of likely N-dealkylation sites (N-methyl/N-ethyl adjacent to an activating group) is 1. The summed E-state index contributed by atoms with van der Waals surface area (Å²) in [6.07, 6.45) is 0.938. The molecule has 0 bridgehead atoms. The molecule has 120 valence electrons. The predicted octanol–water partition coefficient (Wildman–Crippen LogP) is 3.24. The van der Waals surface area contributed by atoms with Gasteiger partial charge in [0.1, 0.15) is 0 Å². The van der Waals surface area contributed by atoms with E-state index < -0.39 is 11.8 Å². The highest BCUT2D eigenvalue weighted by Gasteiger charge is 2.20. The normalized spacial score (nSPS) is 10.2. The van der Waals surface area contributed by atoms with Crippen molar-refractivity contribution in [3.63, 3.8) is 0 Å². The summed E-state index contributed by atoms with van der Waals surface area (Å²) >= 11 is 0. The van der Waals surface area contributed by atoms with E-state index in [0.717, 1.165) is 12.0 Å². The SMILES string of the molecule is CCc1ccc(NC(=O)C(=O)N(CC)Cc2ccccc2)cc1. The number of hydrogen-bond donors (Lipinski definition) is 1. The van der Waals surface area contributed by atoms with Crippen LogP contribution in [0, 0.1) is 0 Å². The van der Waals surface area contributed by atoms with E-state index in [2.05, 4.69) is 12.2 Å². The molecule has 0 heterocycles. The zero-order valence-electron chi connectivity index (χ0n) is 13.6. The Kier molecular flexibility index (Phi) is 5.92. The van der Waals surface area contributed by atoms with Crippen LogP contribution in [0.2, 0.25) is 0 Å². The fraction of sp³-hybridized carbons (Fsp3) is 0.263. The maximum Gasteiger partial charge on any atom is 0.313 e. The molecule has 1 N–H and O–H groups in total. The lowest BCUT2D eigenvalue weighted by Crippen LogP contribution is -2.39. The third kappa shape index (κ3) is 4.68. The number of rotatable bonds is 5. The lowest BCUT2D eigenvalue weighted by molar-refractivity contribution is -0.143. The highest BCUT2D eigenvalue weighted by atomic mass is 16.2.